The molecule has 2 aromatic heterocycles. The van der Waals surface area contributed by atoms with Gasteiger partial charge in [-0.25, -0.2) is 4.98 Å². The molecule has 21 heavy (non-hydrogen) atoms. The first-order valence-corrected chi connectivity index (χ1v) is 7.93. The summed E-state index contributed by atoms with van der Waals surface area (Å²) in [7, 11) is 0. The molecule has 2 atom stereocenters. The number of H-pyrrole nitrogens is 1. The Morgan fingerprint density at radius 1 is 1.14 bits per heavy atom. The monoisotopic (exact) mass is 286 g/mol. The lowest BCUT2D eigenvalue weighted by molar-refractivity contribution is 0.127. The van der Waals surface area contributed by atoms with E-state index in [0.717, 1.165) is 30.1 Å². The summed E-state index contributed by atoms with van der Waals surface area (Å²) in [5, 5.41) is 4.72. The molecule has 0 bridgehead atoms. The van der Waals surface area contributed by atoms with Gasteiger partial charge in [0.25, 0.3) is 0 Å². The molecule has 2 saturated heterocycles. The summed E-state index contributed by atoms with van der Waals surface area (Å²) in [6.45, 7) is 4.01. The van der Waals surface area contributed by atoms with Gasteiger partial charge in [-0.3, -0.25) is 4.90 Å². The van der Waals surface area contributed by atoms with Gasteiger partial charge in [0.2, 0.25) is 0 Å². The fourth-order valence-corrected chi connectivity index (χ4v) is 3.49. The molecule has 0 saturated carbocycles. The second-order valence-electron chi connectivity index (χ2n) is 6.06. The molecule has 4 heterocycles. The van der Waals surface area contributed by atoms with Crippen molar-refractivity contribution < 1.29 is 4.74 Å². The zero-order valence-corrected chi connectivity index (χ0v) is 12.2. The standard InChI is InChI=1S/C16H22N4O/c1-2-8-20(9-3-1)14-11-21-10-13(14)18-15-5-4-12-6-7-17-16(12)19-15/h4-7,13-14H,1-3,8-11H2,(H2,17,18,19)/t13-,14-/m0/s1. The van der Waals surface area contributed by atoms with Crippen LogP contribution >= 0.6 is 0 Å². The van der Waals surface area contributed by atoms with Gasteiger partial charge in [-0.2, -0.15) is 0 Å². The highest BCUT2D eigenvalue weighted by Crippen LogP contribution is 2.22. The van der Waals surface area contributed by atoms with E-state index in [1.54, 1.807) is 0 Å². The fourth-order valence-electron chi connectivity index (χ4n) is 3.49. The molecule has 112 valence electrons. The average Bonchev–Trinajstić information content (AvgIpc) is 3.16. The van der Waals surface area contributed by atoms with Gasteiger partial charge in [0, 0.05) is 11.6 Å². The molecule has 4 rings (SSSR count). The molecule has 0 amide bonds. The van der Waals surface area contributed by atoms with Gasteiger partial charge in [0.15, 0.2) is 0 Å². The first-order valence-electron chi connectivity index (χ1n) is 7.93. The van der Waals surface area contributed by atoms with Gasteiger partial charge in [-0.05, 0) is 44.1 Å². The molecule has 0 radical (unpaired) electrons. The highest BCUT2D eigenvalue weighted by Gasteiger charge is 2.33. The molecule has 2 N–H and O–H groups in total. The van der Waals surface area contributed by atoms with E-state index in [2.05, 4.69) is 32.3 Å². The Hall–Kier alpha value is -1.59. The number of pyridine rings is 1. The van der Waals surface area contributed by atoms with Crippen molar-refractivity contribution in [3.63, 3.8) is 0 Å². The van der Waals surface area contributed by atoms with Gasteiger partial charge >= 0.3 is 0 Å². The average molecular weight is 286 g/mol. The molecule has 2 aliphatic heterocycles. The Morgan fingerprint density at radius 2 is 2.05 bits per heavy atom. The number of aromatic amines is 1. The number of likely N-dealkylation sites (tertiary alicyclic amines) is 1. The summed E-state index contributed by atoms with van der Waals surface area (Å²) in [4.78, 5) is 10.4. The summed E-state index contributed by atoms with van der Waals surface area (Å²) in [6, 6.07) is 7.02. The normalized spacial score (nSPS) is 27.2. The largest absolute Gasteiger partial charge is 0.378 e. The van der Waals surface area contributed by atoms with Crippen LogP contribution in [0.2, 0.25) is 0 Å². The van der Waals surface area contributed by atoms with Crippen LogP contribution in [-0.4, -0.2) is 53.3 Å². The summed E-state index contributed by atoms with van der Waals surface area (Å²) >= 11 is 0. The molecule has 5 heteroatoms. The summed E-state index contributed by atoms with van der Waals surface area (Å²) in [6.07, 6.45) is 5.93. The summed E-state index contributed by atoms with van der Waals surface area (Å²) in [5.74, 6) is 0.933. The highest BCUT2D eigenvalue weighted by molar-refractivity contribution is 5.77. The van der Waals surface area contributed by atoms with Gasteiger partial charge < -0.3 is 15.0 Å². The van der Waals surface area contributed by atoms with Crippen molar-refractivity contribution in [1.29, 1.82) is 0 Å². The van der Waals surface area contributed by atoms with E-state index in [1.807, 2.05) is 12.3 Å². The van der Waals surface area contributed by atoms with E-state index in [1.165, 1.54) is 32.4 Å². The second kappa shape index (κ2) is 5.66. The second-order valence-corrected chi connectivity index (χ2v) is 6.06. The van der Waals surface area contributed by atoms with Crippen molar-refractivity contribution in [2.24, 2.45) is 0 Å². The lowest BCUT2D eigenvalue weighted by atomic mass is 10.0. The molecule has 0 spiro atoms. The first-order chi connectivity index (χ1) is 10.4. The third-order valence-corrected chi connectivity index (χ3v) is 4.65. The van der Waals surface area contributed by atoms with E-state index in [-0.39, 0.29) is 0 Å². The first kappa shape index (κ1) is 13.1. The SMILES string of the molecule is c1cc2ccc(N[C@H]3COC[C@@H]3N3CCCCC3)nc2[nH]1. The van der Waals surface area contributed by atoms with Crippen molar-refractivity contribution in [1.82, 2.24) is 14.9 Å². The molecule has 2 aliphatic rings. The number of rotatable bonds is 3. The van der Waals surface area contributed by atoms with E-state index < -0.39 is 0 Å². The smallest absolute Gasteiger partial charge is 0.139 e. The molecular formula is C16H22N4O. The van der Waals surface area contributed by atoms with E-state index in [9.17, 15) is 0 Å². The number of ether oxygens (including phenoxy) is 1. The highest BCUT2D eigenvalue weighted by atomic mass is 16.5. The molecule has 2 aromatic rings. The van der Waals surface area contributed by atoms with Crippen LogP contribution in [0.5, 0.6) is 0 Å². The van der Waals surface area contributed by atoms with E-state index in [4.69, 9.17) is 4.74 Å². The maximum Gasteiger partial charge on any atom is 0.139 e. The zero-order chi connectivity index (χ0) is 14.1. The van der Waals surface area contributed by atoms with Crippen LogP contribution in [0.1, 0.15) is 19.3 Å². The van der Waals surface area contributed by atoms with Crippen LogP contribution in [-0.2, 0) is 4.74 Å². The Bertz CT molecular complexity index is 605. The molecule has 0 aliphatic carbocycles. The van der Waals surface area contributed by atoms with Gasteiger partial charge in [0.05, 0.1) is 25.3 Å². The third kappa shape index (κ3) is 2.63. The Labute approximate surface area is 124 Å². The maximum absolute atomic E-state index is 5.73. The van der Waals surface area contributed by atoms with E-state index in [0.29, 0.717) is 12.1 Å². The van der Waals surface area contributed by atoms with Crippen molar-refractivity contribution in [2.75, 3.05) is 31.6 Å². The number of fused-ring (bicyclic) bond motifs is 1. The number of nitrogens with zero attached hydrogens (tertiary/aromatic N) is 2. The topological polar surface area (TPSA) is 53.2 Å². The predicted octanol–water partition coefficient (Wildman–Crippen LogP) is 2.23. The number of nitrogens with one attached hydrogen (secondary N) is 2. The number of aromatic nitrogens is 2. The number of piperidine rings is 1. The zero-order valence-electron chi connectivity index (χ0n) is 12.2. The fraction of sp³-hybridized carbons (Fsp3) is 0.562. The Morgan fingerprint density at radius 3 is 2.95 bits per heavy atom. The van der Waals surface area contributed by atoms with Crippen molar-refractivity contribution >= 4 is 16.9 Å². The van der Waals surface area contributed by atoms with Crippen molar-refractivity contribution in [2.45, 2.75) is 31.3 Å². The molecular weight excluding hydrogens is 264 g/mol. The van der Waals surface area contributed by atoms with Crippen LogP contribution < -0.4 is 5.32 Å². The van der Waals surface area contributed by atoms with Crippen molar-refractivity contribution in [3.05, 3.63) is 24.4 Å². The quantitative estimate of drug-likeness (QED) is 0.908. The van der Waals surface area contributed by atoms with E-state index >= 15 is 0 Å². The predicted molar refractivity (Wildman–Crippen MR) is 83.5 cm³/mol. The summed E-state index contributed by atoms with van der Waals surface area (Å²) in [5.41, 5.74) is 0.938. The minimum atomic E-state index is 0.336. The van der Waals surface area contributed by atoms with Crippen LogP contribution in [0.3, 0.4) is 0 Å². The van der Waals surface area contributed by atoms with Gasteiger partial charge in [-0.15, -0.1) is 0 Å². The Balaban J connectivity index is 1.49. The molecule has 5 nitrogen and oxygen atoms in total. The number of hydrogen-bond acceptors (Lipinski definition) is 4. The minimum Gasteiger partial charge on any atom is -0.378 e. The lowest BCUT2D eigenvalue weighted by Gasteiger charge is -2.34. The Kier molecular flexibility index (Phi) is 3.53. The van der Waals surface area contributed by atoms with Crippen molar-refractivity contribution in [3.8, 4) is 0 Å². The number of hydrogen-bond donors (Lipinski definition) is 2. The van der Waals surface area contributed by atoms with Crippen LogP contribution in [0, 0.1) is 0 Å². The maximum atomic E-state index is 5.73. The molecule has 0 unspecified atom stereocenters. The molecule has 0 aromatic carbocycles. The summed E-state index contributed by atoms with van der Waals surface area (Å²) < 4.78 is 5.73. The van der Waals surface area contributed by atoms with Crippen LogP contribution in [0.4, 0.5) is 5.82 Å². The van der Waals surface area contributed by atoms with Gasteiger partial charge in [-0.1, -0.05) is 6.42 Å². The number of anilines is 1. The lowest BCUT2D eigenvalue weighted by Crippen LogP contribution is -2.48. The third-order valence-electron chi connectivity index (χ3n) is 4.65. The minimum absolute atomic E-state index is 0.336. The van der Waals surface area contributed by atoms with Crippen LogP contribution in [0.25, 0.3) is 11.0 Å². The van der Waals surface area contributed by atoms with Crippen LogP contribution in [0.15, 0.2) is 24.4 Å². The molecule has 2 fully saturated rings. The van der Waals surface area contributed by atoms with Gasteiger partial charge in [0.1, 0.15) is 11.5 Å².